The van der Waals surface area contributed by atoms with Crippen molar-refractivity contribution in [3.05, 3.63) is 48.6 Å². The summed E-state index contributed by atoms with van der Waals surface area (Å²) < 4.78 is 12.3. The Bertz CT molecular complexity index is 884. The third-order valence-corrected chi connectivity index (χ3v) is 11.1. The molecule has 1 rings (SSSR count). The van der Waals surface area contributed by atoms with E-state index >= 15 is 0 Å². The first-order chi connectivity index (χ1) is 27.1. The van der Waals surface area contributed by atoms with Gasteiger partial charge in [-0.3, -0.25) is 4.79 Å². The number of likely N-dealkylation sites (tertiary alicyclic amines) is 1. The molecule has 3 atom stereocenters. The summed E-state index contributed by atoms with van der Waals surface area (Å²) >= 11 is 0. The minimum absolute atomic E-state index is 0.0372. The lowest BCUT2D eigenvalue weighted by Crippen LogP contribution is -2.47. The number of allylic oxidation sites excluding steroid dienone is 8. The van der Waals surface area contributed by atoms with Gasteiger partial charge in [-0.2, -0.15) is 0 Å². The largest absolute Gasteiger partial charge is 0.381 e. The Labute approximate surface area is 341 Å². The average Bonchev–Trinajstić information content (AvgIpc) is 3.61. The molecule has 0 aromatic carbocycles. The van der Waals surface area contributed by atoms with Crippen molar-refractivity contribution < 1.29 is 14.3 Å². The van der Waals surface area contributed by atoms with Crippen LogP contribution in [0.5, 0.6) is 0 Å². The van der Waals surface area contributed by atoms with Gasteiger partial charge in [0.25, 0.3) is 0 Å². The molecule has 0 aromatic heterocycles. The van der Waals surface area contributed by atoms with Crippen LogP contribution in [0.4, 0.5) is 0 Å². The molecule has 1 aliphatic rings. The molecular formula is C49H91N3O3. The summed E-state index contributed by atoms with van der Waals surface area (Å²) in [6.45, 7) is 9.06. The molecule has 0 radical (unpaired) electrons. The summed E-state index contributed by atoms with van der Waals surface area (Å²) in [4.78, 5) is 14.7. The summed E-state index contributed by atoms with van der Waals surface area (Å²) in [6, 6.07) is -0.621. The number of nitrogens with two attached hydrogens (primary N) is 2. The van der Waals surface area contributed by atoms with Gasteiger partial charge in [0.1, 0.15) is 0 Å². The molecule has 1 heterocycles. The second-order valence-electron chi connectivity index (χ2n) is 16.3. The van der Waals surface area contributed by atoms with Crippen LogP contribution in [0.3, 0.4) is 0 Å². The van der Waals surface area contributed by atoms with Gasteiger partial charge in [0, 0.05) is 44.7 Å². The first-order valence-corrected chi connectivity index (χ1v) is 23.6. The molecule has 0 spiro atoms. The molecule has 0 aliphatic carbocycles. The maximum atomic E-state index is 12.8. The van der Waals surface area contributed by atoms with Crippen LogP contribution in [0.25, 0.3) is 0 Å². The van der Waals surface area contributed by atoms with Gasteiger partial charge in [-0.1, -0.05) is 165 Å². The topological polar surface area (TPSA) is 90.8 Å². The summed E-state index contributed by atoms with van der Waals surface area (Å²) in [7, 11) is 0. The highest BCUT2D eigenvalue weighted by Crippen LogP contribution is 2.25. The van der Waals surface area contributed by atoms with Crippen LogP contribution >= 0.6 is 0 Å². The average molecular weight is 770 g/mol. The van der Waals surface area contributed by atoms with E-state index in [1.165, 1.54) is 154 Å². The summed E-state index contributed by atoms with van der Waals surface area (Å²) in [5, 5.41) is 0. The third-order valence-electron chi connectivity index (χ3n) is 11.1. The highest BCUT2D eigenvalue weighted by molar-refractivity contribution is 5.82. The van der Waals surface area contributed by atoms with E-state index in [4.69, 9.17) is 20.9 Å². The van der Waals surface area contributed by atoms with Crippen molar-refractivity contribution in [2.24, 2.45) is 23.3 Å². The predicted molar refractivity (Wildman–Crippen MR) is 239 cm³/mol. The second kappa shape index (κ2) is 40.5. The van der Waals surface area contributed by atoms with Crippen molar-refractivity contribution in [2.45, 2.75) is 200 Å². The standard InChI is InChI=1S/C49H91N3O3/c1-3-5-7-9-11-13-15-17-19-21-23-25-27-29-31-33-35-37-39-54-44-46-42-52(49(53)48(51)41-50)43-47(46)45-55-40-38-36-34-32-30-28-26-24-22-20-18-16-14-12-10-8-6-4-2/h11-14,17-20,46-48H,3-10,15-16,21-45,50-51H2,1-2H3/t46-,47?,48-/m0/s1. The number of ether oxygens (including phenoxy) is 2. The van der Waals surface area contributed by atoms with Gasteiger partial charge in [-0.15, -0.1) is 0 Å². The molecule has 6 heteroatoms. The number of hydrogen-bond donors (Lipinski definition) is 2. The maximum absolute atomic E-state index is 12.8. The molecule has 1 saturated heterocycles. The first-order valence-electron chi connectivity index (χ1n) is 23.6. The second-order valence-corrected chi connectivity index (χ2v) is 16.3. The van der Waals surface area contributed by atoms with Crippen molar-refractivity contribution in [2.75, 3.05) is 46.1 Å². The van der Waals surface area contributed by atoms with Gasteiger partial charge in [0.05, 0.1) is 19.3 Å². The zero-order chi connectivity index (χ0) is 39.7. The fraction of sp³-hybridized carbons (Fsp3) is 0.816. The maximum Gasteiger partial charge on any atom is 0.240 e. The Balaban J connectivity index is 2.07. The number of carbonyl (C=O) groups excluding carboxylic acids is 1. The number of rotatable bonds is 40. The molecule has 55 heavy (non-hydrogen) atoms. The lowest BCUT2D eigenvalue weighted by atomic mass is 9.98. The molecule has 1 fully saturated rings. The van der Waals surface area contributed by atoms with Crippen molar-refractivity contribution in [1.29, 1.82) is 0 Å². The van der Waals surface area contributed by atoms with Crippen LogP contribution in [-0.4, -0.2) is 62.9 Å². The quantitative estimate of drug-likeness (QED) is 0.0478. The molecule has 1 amide bonds. The van der Waals surface area contributed by atoms with E-state index in [9.17, 15) is 4.79 Å². The Morgan fingerprint density at radius 1 is 0.527 bits per heavy atom. The van der Waals surface area contributed by atoms with Crippen molar-refractivity contribution in [1.82, 2.24) is 4.90 Å². The number of carbonyl (C=O) groups is 1. The summed E-state index contributed by atoms with van der Waals surface area (Å²) in [5.41, 5.74) is 11.7. The van der Waals surface area contributed by atoms with E-state index in [1.54, 1.807) is 0 Å². The highest BCUT2D eigenvalue weighted by Gasteiger charge is 2.36. The van der Waals surface area contributed by atoms with Gasteiger partial charge in [0.15, 0.2) is 0 Å². The Hall–Kier alpha value is -1.73. The number of amides is 1. The lowest BCUT2D eigenvalue weighted by Gasteiger charge is -2.20. The Morgan fingerprint density at radius 3 is 1.20 bits per heavy atom. The molecule has 320 valence electrons. The molecule has 0 aromatic rings. The van der Waals surface area contributed by atoms with E-state index in [2.05, 4.69) is 62.5 Å². The van der Waals surface area contributed by atoms with Crippen LogP contribution in [0.15, 0.2) is 48.6 Å². The Kier molecular flexibility index (Phi) is 37.7. The molecule has 1 unspecified atom stereocenters. The fourth-order valence-corrected chi connectivity index (χ4v) is 7.39. The SMILES string of the molecule is CCCCCC=CCC=CCCCCCCCCCCOCC1CN(C(=O)[C@@H](N)CN)C[C@H]1COCCCCCCCCCCC=CCC=CCCCCC. The van der Waals surface area contributed by atoms with Crippen LogP contribution in [-0.2, 0) is 14.3 Å². The molecule has 6 nitrogen and oxygen atoms in total. The fourth-order valence-electron chi connectivity index (χ4n) is 7.39. The molecule has 0 bridgehead atoms. The smallest absolute Gasteiger partial charge is 0.240 e. The third kappa shape index (κ3) is 32.0. The normalized spacial score (nSPS) is 17.0. The van der Waals surface area contributed by atoms with E-state index in [0.717, 1.165) is 38.9 Å². The van der Waals surface area contributed by atoms with Gasteiger partial charge < -0.3 is 25.8 Å². The van der Waals surface area contributed by atoms with E-state index in [0.29, 0.717) is 38.1 Å². The zero-order valence-corrected chi connectivity index (χ0v) is 36.4. The highest BCUT2D eigenvalue weighted by atomic mass is 16.5. The van der Waals surface area contributed by atoms with Gasteiger partial charge >= 0.3 is 0 Å². The van der Waals surface area contributed by atoms with Crippen LogP contribution in [0, 0.1) is 11.8 Å². The Morgan fingerprint density at radius 2 is 0.855 bits per heavy atom. The van der Waals surface area contributed by atoms with Crippen molar-refractivity contribution in [3.8, 4) is 0 Å². The number of unbranched alkanes of at least 4 members (excludes halogenated alkanes) is 22. The molecule has 1 aliphatic heterocycles. The van der Waals surface area contributed by atoms with Crippen LogP contribution in [0.1, 0.15) is 194 Å². The van der Waals surface area contributed by atoms with Gasteiger partial charge in [0.2, 0.25) is 5.91 Å². The molecular weight excluding hydrogens is 679 g/mol. The summed E-state index contributed by atoms with van der Waals surface area (Å²) in [5.74, 6) is 0.552. The van der Waals surface area contributed by atoms with Crippen LogP contribution < -0.4 is 11.5 Å². The first kappa shape index (κ1) is 51.3. The minimum atomic E-state index is -0.621. The van der Waals surface area contributed by atoms with Gasteiger partial charge in [-0.05, 0) is 77.0 Å². The lowest BCUT2D eigenvalue weighted by molar-refractivity contribution is -0.131. The molecule has 4 N–H and O–H groups in total. The van der Waals surface area contributed by atoms with Gasteiger partial charge in [-0.25, -0.2) is 0 Å². The number of nitrogens with zero attached hydrogens (tertiary/aromatic N) is 1. The van der Waals surface area contributed by atoms with Crippen LogP contribution in [0.2, 0.25) is 0 Å². The zero-order valence-electron chi connectivity index (χ0n) is 36.4. The predicted octanol–water partition coefficient (Wildman–Crippen LogP) is 12.6. The summed E-state index contributed by atoms with van der Waals surface area (Å²) in [6.07, 6.45) is 54.4. The van der Waals surface area contributed by atoms with Crippen molar-refractivity contribution in [3.63, 3.8) is 0 Å². The monoisotopic (exact) mass is 770 g/mol. The minimum Gasteiger partial charge on any atom is -0.381 e. The van der Waals surface area contributed by atoms with E-state index in [-0.39, 0.29) is 12.5 Å². The molecule has 0 saturated carbocycles. The van der Waals surface area contributed by atoms with E-state index < -0.39 is 6.04 Å². The van der Waals surface area contributed by atoms with E-state index in [1.807, 2.05) is 4.90 Å². The van der Waals surface area contributed by atoms with Crippen molar-refractivity contribution >= 4 is 5.91 Å². The number of hydrogen-bond acceptors (Lipinski definition) is 5.